The highest BCUT2D eigenvalue weighted by Crippen LogP contribution is 2.29. The molecule has 0 radical (unpaired) electrons. The zero-order valence-corrected chi connectivity index (χ0v) is 15.3. The van der Waals surface area contributed by atoms with Crippen LogP contribution in [-0.4, -0.2) is 38.4 Å². The van der Waals surface area contributed by atoms with Crippen molar-refractivity contribution in [1.29, 1.82) is 0 Å². The molecule has 26 heavy (non-hydrogen) atoms. The van der Waals surface area contributed by atoms with Gasteiger partial charge in [-0.15, -0.1) is 5.10 Å². The average Bonchev–Trinajstić information content (AvgIpc) is 3.09. The lowest BCUT2D eigenvalue weighted by Gasteiger charge is -2.12. The van der Waals surface area contributed by atoms with E-state index in [4.69, 9.17) is 4.74 Å². The van der Waals surface area contributed by atoms with Gasteiger partial charge in [-0.1, -0.05) is 17.8 Å². The van der Waals surface area contributed by atoms with Gasteiger partial charge in [0.2, 0.25) is 5.16 Å². The van der Waals surface area contributed by atoms with E-state index in [0.29, 0.717) is 22.2 Å². The number of ether oxygens (including phenoxy) is 1. The molecular formula is C18H17FN4O2S. The predicted octanol–water partition coefficient (Wildman–Crippen LogP) is 3.48. The summed E-state index contributed by atoms with van der Waals surface area (Å²) in [6.07, 6.45) is 0. The summed E-state index contributed by atoms with van der Waals surface area (Å²) in [4.78, 5) is 12.6. The molecule has 0 spiro atoms. The second-order valence-corrected chi connectivity index (χ2v) is 6.99. The number of aryl methyl sites for hydroxylation is 1. The van der Waals surface area contributed by atoms with E-state index in [9.17, 15) is 9.18 Å². The number of halogens is 1. The fourth-order valence-electron chi connectivity index (χ4n) is 2.43. The number of aromatic nitrogens is 4. The van der Waals surface area contributed by atoms with E-state index < -0.39 is 5.25 Å². The maximum absolute atomic E-state index is 13.0. The smallest absolute Gasteiger partial charge is 0.214 e. The zero-order chi connectivity index (χ0) is 18.7. The molecule has 1 aromatic heterocycles. The van der Waals surface area contributed by atoms with Crippen LogP contribution in [0.1, 0.15) is 22.8 Å². The summed E-state index contributed by atoms with van der Waals surface area (Å²) in [5.41, 5.74) is 2.17. The third kappa shape index (κ3) is 3.75. The Labute approximate surface area is 154 Å². The first-order valence-corrected chi connectivity index (χ1v) is 8.77. The number of benzene rings is 2. The first kappa shape index (κ1) is 18.1. The molecule has 0 bridgehead atoms. The standard InChI is InChI=1S/C18H17FN4O2S/c1-11-4-9-16(25-3)15(10-11)23-18(20-21-22-23)26-12(2)17(24)13-5-7-14(19)8-6-13/h4-10,12H,1-3H3/t12-/m1/s1. The molecule has 8 heteroatoms. The number of ketones is 1. The molecule has 0 aliphatic heterocycles. The summed E-state index contributed by atoms with van der Waals surface area (Å²) in [5.74, 6) is 0.125. The summed E-state index contributed by atoms with van der Waals surface area (Å²) in [6, 6.07) is 11.2. The molecule has 6 nitrogen and oxygen atoms in total. The number of tetrazole rings is 1. The first-order chi connectivity index (χ1) is 12.5. The highest BCUT2D eigenvalue weighted by Gasteiger charge is 2.21. The van der Waals surface area contributed by atoms with Crippen LogP contribution in [0, 0.1) is 12.7 Å². The minimum atomic E-state index is -0.444. The SMILES string of the molecule is COc1ccc(C)cc1-n1nnnc1S[C@H](C)C(=O)c1ccc(F)cc1. The van der Waals surface area contributed by atoms with Gasteiger partial charge in [-0.25, -0.2) is 4.39 Å². The highest BCUT2D eigenvalue weighted by atomic mass is 32.2. The number of rotatable bonds is 6. The molecule has 0 amide bonds. The molecule has 1 heterocycles. The van der Waals surface area contributed by atoms with Gasteiger partial charge in [0.05, 0.1) is 12.4 Å². The van der Waals surface area contributed by atoms with Crippen molar-refractivity contribution < 1.29 is 13.9 Å². The van der Waals surface area contributed by atoms with Gasteiger partial charge in [-0.3, -0.25) is 4.79 Å². The Morgan fingerprint density at radius 3 is 2.65 bits per heavy atom. The fraction of sp³-hybridized carbons (Fsp3) is 0.222. The van der Waals surface area contributed by atoms with Crippen molar-refractivity contribution in [2.45, 2.75) is 24.3 Å². The van der Waals surface area contributed by atoms with E-state index in [1.54, 1.807) is 18.7 Å². The van der Waals surface area contributed by atoms with E-state index in [-0.39, 0.29) is 11.6 Å². The Morgan fingerprint density at radius 1 is 1.23 bits per heavy atom. The number of nitrogens with zero attached hydrogens (tertiary/aromatic N) is 4. The van der Waals surface area contributed by atoms with Crippen LogP contribution in [0.15, 0.2) is 47.6 Å². The van der Waals surface area contributed by atoms with Crippen LogP contribution in [0.4, 0.5) is 4.39 Å². The average molecular weight is 372 g/mol. The van der Waals surface area contributed by atoms with Gasteiger partial charge in [0.25, 0.3) is 0 Å². The maximum atomic E-state index is 13.0. The number of hydrogen-bond donors (Lipinski definition) is 0. The molecule has 0 fully saturated rings. The van der Waals surface area contributed by atoms with E-state index in [1.165, 1.54) is 36.0 Å². The van der Waals surface area contributed by atoms with E-state index >= 15 is 0 Å². The van der Waals surface area contributed by atoms with Crippen LogP contribution in [0.2, 0.25) is 0 Å². The monoisotopic (exact) mass is 372 g/mol. The van der Waals surface area contributed by atoms with Crippen molar-refractivity contribution in [3.63, 3.8) is 0 Å². The van der Waals surface area contributed by atoms with Crippen molar-refractivity contribution in [3.05, 3.63) is 59.4 Å². The minimum Gasteiger partial charge on any atom is -0.494 e. The lowest BCUT2D eigenvalue weighted by atomic mass is 10.1. The molecule has 0 N–H and O–H groups in total. The van der Waals surface area contributed by atoms with Gasteiger partial charge in [0.15, 0.2) is 5.78 Å². The van der Waals surface area contributed by atoms with Crippen LogP contribution < -0.4 is 4.74 Å². The summed E-state index contributed by atoms with van der Waals surface area (Å²) in [5, 5.41) is 11.8. The molecule has 0 aliphatic rings. The zero-order valence-electron chi connectivity index (χ0n) is 14.5. The lowest BCUT2D eigenvalue weighted by Crippen LogP contribution is -2.15. The summed E-state index contributed by atoms with van der Waals surface area (Å²) >= 11 is 1.23. The van der Waals surface area contributed by atoms with Crippen LogP contribution >= 0.6 is 11.8 Å². The van der Waals surface area contributed by atoms with Gasteiger partial charge in [0.1, 0.15) is 17.3 Å². The summed E-state index contributed by atoms with van der Waals surface area (Å²) in [7, 11) is 1.58. The Kier molecular flexibility index (Phi) is 5.32. The van der Waals surface area contributed by atoms with Crippen LogP contribution in [0.3, 0.4) is 0 Å². The number of carbonyl (C=O) groups excluding carboxylic acids is 1. The fourth-order valence-corrected chi connectivity index (χ4v) is 3.31. The summed E-state index contributed by atoms with van der Waals surface area (Å²) in [6.45, 7) is 3.73. The van der Waals surface area contributed by atoms with Gasteiger partial charge >= 0.3 is 0 Å². The Morgan fingerprint density at radius 2 is 1.96 bits per heavy atom. The third-order valence-corrected chi connectivity index (χ3v) is 4.82. The van der Waals surface area contributed by atoms with Crippen molar-refractivity contribution in [2.24, 2.45) is 0 Å². The largest absolute Gasteiger partial charge is 0.494 e. The van der Waals surface area contributed by atoms with Crippen LogP contribution in [-0.2, 0) is 0 Å². The topological polar surface area (TPSA) is 69.9 Å². The van der Waals surface area contributed by atoms with Gasteiger partial charge in [0, 0.05) is 5.56 Å². The number of Topliss-reactive ketones (excluding diaryl/α,β-unsaturated/α-hetero) is 1. The van der Waals surface area contributed by atoms with Crippen LogP contribution in [0.25, 0.3) is 5.69 Å². The molecule has 0 aliphatic carbocycles. The second kappa shape index (κ2) is 7.65. The van der Waals surface area contributed by atoms with E-state index in [0.717, 1.165) is 5.56 Å². The number of hydrogen-bond acceptors (Lipinski definition) is 6. The maximum Gasteiger partial charge on any atom is 0.214 e. The van der Waals surface area contributed by atoms with Crippen molar-refractivity contribution in [1.82, 2.24) is 20.2 Å². The van der Waals surface area contributed by atoms with E-state index in [2.05, 4.69) is 15.5 Å². The second-order valence-electron chi connectivity index (χ2n) is 5.68. The van der Waals surface area contributed by atoms with Crippen molar-refractivity contribution in [3.8, 4) is 11.4 Å². The quantitative estimate of drug-likeness (QED) is 0.487. The summed E-state index contributed by atoms with van der Waals surface area (Å²) < 4.78 is 20.0. The van der Waals surface area contributed by atoms with Gasteiger partial charge in [-0.2, -0.15) is 4.68 Å². The normalized spacial score (nSPS) is 12.0. The molecule has 1 atom stereocenters. The molecule has 134 valence electrons. The minimum absolute atomic E-state index is 0.124. The highest BCUT2D eigenvalue weighted by molar-refractivity contribution is 8.00. The molecular weight excluding hydrogens is 355 g/mol. The number of carbonyl (C=O) groups is 1. The number of thioether (sulfide) groups is 1. The molecule has 3 rings (SSSR count). The van der Waals surface area contributed by atoms with E-state index in [1.807, 2.05) is 25.1 Å². The Balaban J connectivity index is 1.86. The molecule has 0 unspecified atom stereocenters. The van der Waals surface area contributed by atoms with Gasteiger partial charge < -0.3 is 4.74 Å². The molecule has 0 saturated heterocycles. The Hall–Kier alpha value is -2.74. The van der Waals surface area contributed by atoms with Gasteiger partial charge in [-0.05, 0) is 66.2 Å². The number of methoxy groups -OCH3 is 1. The van der Waals surface area contributed by atoms with Crippen LogP contribution in [0.5, 0.6) is 5.75 Å². The lowest BCUT2D eigenvalue weighted by molar-refractivity contribution is 0.0994. The molecule has 2 aromatic carbocycles. The van der Waals surface area contributed by atoms with Crippen molar-refractivity contribution in [2.75, 3.05) is 7.11 Å². The predicted molar refractivity (Wildman–Crippen MR) is 96.5 cm³/mol. The molecule has 3 aromatic rings. The first-order valence-electron chi connectivity index (χ1n) is 7.89. The molecule has 0 saturated carbocycles. The van der Waals surface area contributed by atoms with Crippen molar-refractivity contribution >= 4 is 17.5 Å². The Bertz CT molecular complexity index is 927. The third-order valence-electron chi connectivity index (χ3n) is 3.78.